The molecule has 1 atom stereocenters. The van der Waals surface area contributed by atoms with Gasteiger partial charge in [-0.25, -0.2) is 0 Å². The van der Waals surface area contributed by atoms with Gasteiger partial charge >= 0.3 is 0 Å². The van der Waals surface area contributed by atoms with Crippen LogP contribution in [-0.4, -0.2) is 31.8 Å². The molecule has 2 aromatic rings. The molecule has 2 amide bonds. The zero-order chi connectivity index (χ0) is 17.3. The van der Waals surface area contributed by atoms with E-state index in [1.807, 2.05) is 18.5 Å². The number of amides is 2. The average Bonchev–Trinajstić information content (AvgIpc) is 3.33. The molecule has 1 saturated carbocycles. The van der Waals surface area contributed by atoms with Crippen LogP contribution < -0.4 is 11.1 Å². The van der Waals surface area contributed by atoms with Crippen LogP contribution in [0.5, 0.6) is 0 Å². The highest BCUT2D eigenvalue weighted by Gasteiger charge is 2.30. The number of thioether (sulfide) groups is 1. The quantitative estimate of drug-likeness (QED) is 0.779. The van der Waals surface area contributed by atoms with Crippen LogP contribution in [0.3, 0.4) is 0 Å². The lowest BCUT2D eigenvalue weighted by Crippen LogP contribution is -2.23. The van der Waals surface area contributed by atoms with Crippen LogP contribution in [0.2, 0.25) is 0 Å². The van der Waals surface area contributed by atoms with Gasteiger partial charge in [0.25, 0.3) is 0 Å². The largest absolute Gasteiger partial charge is 0.366 e. The van der Waals surface area contributed by atoms with Crippen molar-refractivity contribution in [1.29, 1.82) is 0 Å². The summed E-state index contributed by atoms with van der Waals surface area (Å²) in [5.41, 5.74) is 6.22. The Balaban J connectivity index is 1.61. The minimum atomic E-state index is -0.495. The molecule has 3 N–H and O–H groups in total. The predicted octanol–water partition coefficient (Wildman–Crippen LogP) is 1.91. The summed E-state index contributed by atoms with van der Waals surface area (Å²) in [6.07, 6.45) is 2.32. The van der Waals surface area contributed by atoms with E-state index in [9.17, 15) is 9.59 Å². The summed E-state index contributed by atoms with van der Waals surface area (Å²) in [6.45, 7) is 1.82. The molecule has 7 nitrogen and oxygen atoms in total. The van der Waals surface area contributed by atoms with E-state index in [4.69, 9.17) is 5.73 Å². The zero-order valence-corrected chi connectivity index (χ0v) is 14.3. The Labute approximate surface area is 144 Å². The fraction of sp³-hybridized carbons (Fsp3) is 0.375. The number of carbonyl (C=O) groups is 2. The van der Waals surface area contributed by atoms with Crippen molar-refractivity contribution >= 4 is 29.3 Å². The van der Waals surface area contributed by atoms with Crippen molar-refractivity contribution in [2.45, 2.75) is 36.1 Å². The Morgan fingerprint density at radius 3 is 2.54 bits per heavy atom. The maximum atomic E-state index is 12.3. The summed E-state index contributed by atoms with van der Waals surface area (Å²) in [5, 5.41) is 11.6. The second kappa shape index (κ2) is 6.64. The number of rotatable bonds is 6. The fourth-order valence-electron chi connectivity index (χ4n) is 2.30. The first-order valence-electron chi connectivity index (χ1n) is 7.72. The second-order valence-electron chi connectivity index (χ2n) is 5.86. The monoisotopic (exact) mass is 345 g/mol. The Kier molecular flexibility index (Phi) is 4.57. The van der Waals surface area contributed by atoms with Crippen LogP contribution in [0.1, 0.15) is 41.9 Å². The first-order chi connectivity index (χ1) is 11.5. The summed E-state index contributed by atoms with van der Waals surface area (Å²) in [5.74, 6) is 0.880. The highest BCUT2D eigenvalue weighted by Crippen LogP contribution is 2.39. The highest BCUT2D eigenvalue weighted by molar-refractivity contribution is 8.00. The summed E-state index contributed by atoms with van der Waals surface area (Å²) >= 11 is 1.37. The molecule has 1 aliphatic carbocycles. The van der Waals surface area contributed by atoms with E-state index < -0.39 is 5.91 Å². The van der Waals surface area contributed by atoms with Gasteiger partial charge in [0.15, 0.2) is 5.16 Å². The topological polar surface area (TPSA) is 103 Å². The smallest absolute Gasteiger partial charge is 0.248 e. The van der Waals surface area contributed by atoms with E-state index in [0.717, 1.165) is 23.8 Å². The van der Waals surface area contributed by atoms with Crippen molar-refractivity contribution in [3.63, 3.8) is 0 Å². The molecule has 1 unspecified atom stereocenters. The van der Waals surface area contributed by atoms with E-state index >= 15 is 0 Å². The molecule has 0 aliphatic heterocycles. The third-order valence-corrected chi connectivity index (χ3v) is 5.03. The van der Waals surface area contributed by atoms with Gasteiger partial charge in [-0.1, -0.05) is 11.8 Å². The maximum absolute atomic E-state index is 12.3. The number of primary amides is 1. The minimum absolute atomic E-state index is 0.136. The number of carbonyl (C=O) groups excluding carboxylic acids is 2. The molecule has 1 aromatic heterocycles. The second-order valence-corrected chi connectivity index (χ2v) is 7.17. The van der Waals surface area contributed by atoms with Crippen molar-refractivity contribution in [3.8, 4) is 0 Å². The van der Waals surface area contributed by atoms with E-state index in [1.54, 1.807) is 24.3 Å². The number of benzene rings is 1. The molecular weight excluding hydrogens is 326 g/mol. The van der Waals surface area contributed by atoms with Crippen LogP contribution >= 0.6 is 11.8 Å². The molecule has 1 fully saturated rings. The molecule has 3 rings (SSSR count). The average molecular weight is 345 g/mol. The van der Waals surface area contributed by atoms with Gasteiger partial charge in [0.1, 0.15) is 5.82 Å². The van der Waals surface area contributed by atoms with E-state index in [0.29, 0.717) is 17.2 Å². The van der Waals surface area contributed by atoms with Gasteiger partial charge in [-0.2, -0.15) is 0 Å². The molecule has 0 saturated heterocycles. The number of nitrogens with two attached hydrogens (primary N) is 1. The Hall–Kier alpha value is -2.35. The van der Waals surface area contributed by atoms with Gasteiger partial charge in [-0.3, -0.25) is 9.59 Å². The van der Waals surface area contributed by atoms with E-state index in [2.05, 4.69) is 15.5 Å². The third-order valence-electron chi connectivity index (χ3n) is 3.90. The fourth-order valence-corrected chi connectivity index (χ4v) is 3.12. The first-order valence-corrected chi connectivity index (χ1v) is 8.60. The highest BCUT2D eigenvalue weighted by atomic mass is 32.2. The molecule has 24 heavy (non-hydrogen) atoms. The Morgan fingerprint density at radius 1 is 1.29 bits per heavy atom. The van der Waals surface area contributed by atoms with Gasteiger partial charge in [0.05, 0.1) is 5.25 Å². The number of hydrogen-bond acceptors (Lipinski definition) is 5. The van der Waals surface area contributed by atoms with Crippen molar-refractivity contribution in [1.82, 2.24) is 14.8 Å². The van der Waals surface area contributed by atoms with Gasteiger partial charge in [-0.05, 0) is 44.0 Å². The molecule has 0 radical (unpaired) electrons. The molecule has 8 heteroatoms. The van der Waals surface area contributed by atoms with Gasteiger partial charge in [-0.15, -0.1) is 10.2 Å². The van der Waals surface area contributed by atoms with Crippen molar-refractivity contribution in [3.05, 3.63) is 35.7 Å². The first kappa shape index (κ1) is 16.5. The normalized spacial score (nSPS) is 15.1. The van der Waals surface area contributed by atoms with Crippen LogP contribution in [-0.2, 0) is 11.8 Å². The number of aromatic nitrogens is 3. The zero-order valence-electron chi connectivity index (χ0n) is 13.5. The standard InChI is InChI=1S/C16H19N5O2S/c1-9(24-16-20-19-14(21(16)2)11-3-4-11)15(23)18-12-7-5-10(6-8-12)13(17)22/h5-9,11H,3-4H2,1-2H3,(H2,17,22)(H,18,23). The molecule has 1 heterocycles. The van der Waals surface area contributed by atoms with Crippen molar-refractivity contribution < 1.29 is 9.59 Å². The van der Waals surface area contributed by atoms with Crippen LogP contribution in [0.4, 0.5) is 5.69 Å². The van der Waals surface area contributed by atoms with Crippen molar-refractivity contribution in [2.75, 3.05) is 5.32 Å². The Bertz CT molecular complexity index is 767. The number of anilines is 1. The van der Waals surface area contributed by atoms with Crippen LogP contribution in [0, 0.1) is 0 Å². The number of nitrogens with one attached hydrogen (secondary N) is 1. The third kappa shape index (κ3) is 3.59. The molecule has 1 aliphatic rings. The maximum Gasteiger partial charge on any atom is 0.248 e. The summed E-state index contributed by atoms with van der Waals surface area (Å²) in [6, 6.07) is 6.48. The van der Waals surface area contributed by atoms with E-state index in [-0.39, 0.29) is 11.2 Å². The molecule has 1 aromatic carbocycles. The lowest BCUT2D eigenvalue weighted by Gasteiger charge is -2.12. The SMILES string of the molecule is CC(Sc1nnc(C2CC2)n1C)C(=O)Nc1ccc(C(N)=O)cc1. The summed E-state index contributed by atoms with van der Waals surface area (Å²) < 4.78 is 1.97. The summed E-state index contributed by atoms with van der Waals surface area (Å²) in [7, 11) is 1.93. The van der Waals surface area contributed by atoms with Gasteiger partial charge in [0.2, 0.25) is 11.8 Å². The van der Waals surface area contributed by atoms with E-state index in [1.165, 1.54) is 11.8 Å². The molecule has 0 spiro atoms. The summed E-state index contributed by atoms with van der Waals surface area (Å²) in [4.78, 5) is 23.4. The molecular formula is C16H19N5O2S. The van der Waals surface area contributed by atoms with Crippen LogP contribution in [0.25, 0.3) is 0 Å². The van der Waals surface area contributed by atoms with Crippen LogP contribution in [0.15, 0.2) is 29.4 Å². The predicted molar refractivity (Wildman–Crippen MR) is 91.9 cm³/mol. The van der Waals surface area contributed by atoms with Crippen molar-refractivity contribution in [2.24, 2.45) is 12.8 Å². The molecule has 126 valence electrons. The minimum Gasteiger partial charge on any atom is -0.366 e. The van der Waals surface area contributed by atoms with Gasteiger partial charge < -0.3 is 15.6 Å². The van der Waals surface area contributed by atoms with Gasteiger partial charge in [0, 0.05) is 24.2 Å². The lowest BCUT2D eigenvalue weighted by molar-refractivity contribution is -0.115. The lowest BCUT2D eigenvalue weighted by atomic mass is 10.2. The number of hydrogen-bond donors (Lipinski definition) is 2. The Morgan fingerprint density at radius 2 is 1.96 bits per heavy atom. The number of nitrogens with zero attached hydrogens (tertiary/aromatic N) is 3. The molecule has 0 bridgehead atoms.